The summed E-state index contributed by atoms with van der Waals surface area (Å²) < 4.78 is 6.44. The average Bonchev–Trinajstić information content (AvgIpc) is 3.43. The Morgan fingerprint density at radius 3 is 2.52 bits per heavy atom. The van der Waals surface area contributed by atoms with Gasteiger partial charge in [0.2, 0.25) is 0 Å². The third-order valence-corrected chi connectivity index (χ3v) is 6.17. The van der Waals surface area contributed by atoms with Crippen molar-refractivity contribution in [1.82, 2.24) is 4.90 Å². The lowest BCUT2D eigenvalue weighted by Crippen LogP contribution is -2.47. The normalized spacial score (nSPS) is 23.5. The molecule has 1 saturated heterocycles. The zero-order chi connectivity index (χ0) is 17.2. The van der Waals surface area contributed by atoms with Crippen molar-refractivity contribution in [3.63, 3.8) is 0 Å². The van der Waals surface area contributed by atoms with Crippen LogP contribution in [0.15, 0.2) is 53.0 Å². The Kier molecular flexibility index (Phi) is 5.00. The van der Waals surface area contributed by atoms with Gasteiger partial charge in [-0.3, -0.25) is 4.90 Å². The molecule has 2 aliphatic rings. The number of halogens is 1. The van der Waals surface area contributed by atoms with Gasteiger partial charge in [0.1, 0.15) is 5.75 Å². The maximum atomic E-state index is 5.43. The van der Waals surface area contributed by atoms with Gasteiger partial charge in [-0.1, -0.05) is 30.3 Å². The number of piperazine rings is 1. The lowest BCUT2D eigenvalue weighted by Gasteiger charge is -2.36. The van der Waals surface area contributed by atoms with E-state index in [0.29, 0.717) is 0 Å². The average molecular weight is 401 g/mol. The van der Waals surface area contributed by atoms with Gasteiger partial charge >= 0.3 is 0 Å². The molecule has 0 spiro atoms. The van der Waals surface area contributed by atoms with Gasteiger partial charge in [-0.2, -0.15) is 0 Å². The number of benzene rings is 2. The van der Waals surface area contributed by atoms with Crippen molar-refractivity contribution >= 4 is 21.6 Å². The van der Waals surface area contributed by atoms with E-state index in [0.717, 1.165) is 48.2 Å². The van der Waals surface area contributed by atoms with Crippen molar-refractivity contribution in [1.29, 1.82) is 0 Å². The second-order valence-electron chi connectivity index (χ2n) is 7.12. The molecule has 132 valence electrons. The quantitative estimate of drug-likeness (QED) is 0.740. The Balaban J connectivity index is 1.29. The second kappa shape index (κ2) is 7.38. The van der Waals surface area contributed by atoms with Crippen LogP contribution in [-0.4, -0.2) is 44.7 Å². The molecule has 1 saturated carbocycles. The highest BCUT2D eigenvalue weighted by Crippen LogP contribution is 2.47. The molecule has 0 unspecified atom stereocenters. The highest BCUT2D eigenvalue weighted by atomic mass is 79.9. The van der Waals surface area contributed by atoms with Crippen LogP contribution < -0.4 is 9.64 Å². The van der Waals surface area contributed by atoms with Gasteiger partial charge in [0.15, 0.2) is 0 Å². The summed E-state index contributed by atoms with van der Waals surface area (Å²) in [4.78, 5) is 5.10. The van der Waals surface area contributed by atoms with Gasteiger partial charge in [0, 0.05) is 44.5 Å². The highest BCUT2D eigenvalue weighted by Gasteiger charge is 2.39. The van der Waals surface area contributed by atoms with Crippen LogP contribution in [0.4, 0.5) is 5.69 Å². The fourth-order valence-electron chi connectivity index (χ4n) is 3.92. The van der Waals surface area contributed by atoms with E-state index in [1.807, 2.05) is 0 Å². The molecule has 4 rings (SSSR count). The van der Waals surface area contributed by atoms with E-state index in [9.17, 15) is 0 Å². The third-order valence-electron chi connectivity index (χ3n) is 5.52. The molecular weight excluding hydrogens is 376 g/mol. The van der Waals surface area contributed by atoms with Crippen LogP contribution in [0.25, 0.3) is 0 Å². The fourth-order valence-corrected chi connectivity index (χ4v) is 4.33. The monoisotopic (exact) mass is 400 g/mol. The van der Waals surface area contributed by atoms with E-state index in [-0.39, 0.29) is 0 Å². The number of anilines is 1. The summed E-state index contributed by atoms with van der Waals surface area (Å²) in [6.45, 7) is 5.73. The number of hydrogen-bond donors (Lipinski definition) is 0. The van der Waals surface area contributed by atoms with Crippen LogP contribution >= 0.6 is 15.9 Å². The third kappa shape index (κ3) is 3.85. The van der Waals surface area contributed by atoms with Gasteiger partial charge in [-0.25, -0.2) is 0 Å². The van der Waals surface area contributed by atoms with Crippen molar-refractivity contribution in [3.05, 3.63) is 58.6 Å². The summed E-state index contributed by atoms with van der Waals surface area (Å²) in [5.74, 6) is 2.54. The Labute approximate surface area is 158 Å². The zero-order valence-corrected chi connectivity index (χ0v) is 16.3. The van der Waals surface area contributed by atoms with Crippen LogP contribution in [-0.2, 0) is 0 Å². The second-order valence-corrected chi connectivity index (χ2v) is 7.97. The molecule has 0 N–H and O–H groups in total. The summed E-state index contributed by atoms with van der Waals surface area (Å²) in [5, 5.41) is 0. The molecule has 2 atom stereocenters. The standard InChI is InChI=1S/C21H25BrN2O/c1-25-21-14-18(7-8-20(21)22)24-11-9-23(10-12-24)15-17-13-19(17)16-5-3-2-4-6-16/h2-8,14,17,19H,9-13,15H2,1H3/t17-,19+/m0/s1. The zero-order valence-electron chi connectivity index (χ0n) is 14.7. The van der Waals surface area contributed by atoms with Crippen molar-refractivity contribution in [3.8, 4) is 5.75 Å². The largest absolute Gasteiger partial charge is 0.495 e. The van der Waals surface area contributed by atoms with E-state index < -0.39 is 0 Å². The SMILES string of the molecule is COc1cc(N2CCN(C[C@@H]3C[C@@H]3c3ccccc3)CC2)ccc1Br. The molecule has 2 fully saturated rings. The molecule has 25 heavy (non-hydrogen) atoms. The van der Waals surface area contributed by atoms with Crippen LogP contribution in [0.3, 0.4) is 0 Å². The predicted octanol–water partition coefficient (Wildman–Crippen LogP) is 4.38. The predicted molar refractivity (Wildman–Crippen MR) is 107 cm³/mol. The molecule has 2 aromatic rings. The van der Waals surface area contributed by atoms with E-state index in [1.54, 1.807) is 7.11 Å². The molecule has 0 aromatic heterocycles. The van der Waals surface area contributed by atoms with Crippen LogP contribution in [0.1, 0.15) is 17.9 Å². The maximum absolute atomic E-state index is 5.43. The summed E-state index contributed by atoms with van der Waals surface area (Å²) in [5.41, 5.74) is 2.78. The van der Waals surface area contributed by atoms with E-state index >= 15 is 0 Å². The van der Waals surface area contributed by atoms with Gasteiger partial charge in [0.25, 0.3) is 0 Å². The first-order valence-electron chi connectivity index (χ1n) is 9.10. The Morgan fingerprint density at radius 2 is 1.80 bits per heavy atom. The van der Waals surface area contributed by atoms with Crippen LogP contribution in [0.2, 0.25) is 0 Å². The number of hydrogen-bond acceptors (Lipinski definition) is 3. The molecule has 4 heteroatoms. The van der Waals surface area contributed by atoms with Crippen LogP contribution in [0, 0.1) is 5.92 Å². The minimum Gasteiger partial charge on any atom is -0.495 e. The summed E-state index contributed by atoms with van der Waals surface area (Å²) >= 11 is 3.53. The Morgan fingerprint density at radius 1 is 1.04 bits per heavy atom. The molecule has 0 amide bonds. The molecule has 1 aliphatic carbocycles. The molecule has 1 heterocycles. The molecule has 0 bridgehead atoms. The number of ether oxygens (including phenoxy) is 1. The molecule has 1 aliphatic heterocycles. The van der Waals surface area contributed by atoms with Crippen LogP contribution in [0.5, 0.6) is 5.75 Å². The highest BCUT2D eigenvalue weighted by molar-refractivity contribution is 9.10. The lowest BCUT2D eigenvalue weighted by atomic mass is 10.1. The first kappa shape index (κ1) is 16.9. The number of methoxy groups -OCH3 is 1. The maximum Gasteiger partial charge on any atom is 0.135 e. The summed E-state index contributed by atoms with van der Waals surface area (Å²) in [7, 11) is 1.72. The Hall–Kier alpha value is -1.52. The van der Waals surface area contributed by atoms with E-state index in [1.165, 1.54) is 24.2 Å². The van der Waals surface area contributed by atoms with Crippen molar-refractivity contribution < 1.29 is 4.74 Å². The van der Waals surface area contributed by atoms with Gasteiger partial charge in [0.05, 0.1) is 11.6 Å². The summed E-state index contributed by atoms with van der Waals surface area (Å²) in [6.07, 6.45) is 1.36. The lowest BCUT2D eigenvalue weighted by molar-refractivity contribution is 0.246. The minimum absolute atomic E-state index is 0.787. The van der Waals surface area contributed by atoms with Gasteiger partial charge < -0.3 is 9.64 Å². The van der Waals surface area contributed by atoms with E-state index in [2.05, 4.69) is 74.3 Å². The first-order chi connectivity index (χ1) is 12.2. The molecule has 2 aromatic carbocycles. The van der Waals surface area contributed by atoms with Gasteiger partial charge in [-0.15, -0.1) is 0 Å². The molecule has 3 nitrogen and oxygen atoms in total. The van der Waals surface area contributed by atoms with Gasteiger partial charge in [-0.05, 0) is 51.9 Å². The van der Waals surface area contributed by atoms with E-state index in [4.69, 9.17) is 4.74 Å². The Bertz CT molecular complexity index is 713. The fraction of sp³-hybridized carbons (Fsp3) is 0.429. The van der Waals surface area contributed by atoms with Crippen molar-refractivity contribution in [2.75, 3.05) is 44.7 Å². The number of rotatable bonds is 5. The van der Waals surface area contributed by atoms with Crippen molar-refractivity contribution in [2.45, 2.75) is 12.3 Å². The topological polar surface area (TPSA) is 15.7 Å². The molecule has 0 radical (unpaired) electrons. The molecular formula is C21H25BrN2O. The van der Waals surface area contributed by atoms with Crippen molar-refractivity contribution in [2.24, 2.45) is 5.92 Å². The smallest absolute Gasteiger partial charge is 0.135 e. The summed E-state index contributed by atoms with van der Waals surface area (Å²) in [6, 6.07) is 17.4. The minimum atomic E-state index is 0.787. The number of nitrogens with zero attached hydrogens (tertiary/aromatic N) is 2. The first-order valence-corrected chi connectivity index (χ1v) is 9.89.